The van der Waals surface area contributed by atoms with Gasteiger partial charge >= 0.3 is 0 Å². The molecule has 7 aromatic carbocycles. The molecule has 4 heterocycles. The molecule has 11 rings (SSSR count). The Hall–Kier alpha value is -6.90. The molecule has 0 N–H and O–H groups in total. The molecule has 7 nitrogen and oxygen atoms in total. The van der Waals surface area contributed by atoms with Crippen LogP contribution in [0.4, 0.5) is 34.1 Å². The number of para-hydroxylation sites is 8. The first-order valence-corrected chi connectivity index (χ1v) is 17.8. The predicted octanol–water partition coefficient (Wildman–Crippen LogP) is 12.9. The summed E-state index contributed by atoms with van der Waals surface area (Å²) in [4.78, 5) is 14.4. The van der Waals surface area contributed by atoms with Crippen LogP contribution in [0, 0.1) is 0 Å². The van der Waals surface area contributed by atoms with Crippen LogP contribution < -0.4 is 19.3 Å². The van der Waals surface area contributed by atoms with Crippen LogP contribution in [0.1, 0.15) is 0 Å². The molecule has 52 heavy (non-hydrogen) atoms. The van der Waals surface area contributed by atoms with Crippen molar-refractivity contribution in [3.8, 4) is 45.0 Å². The predicted molar refractivity (Wildman–Crippen MR) is 208 cm³/mol. The van der Waals surface area contributed by atoms with Gasteiger partial charge in [-0.05, 0) is 103 Å². The fourth-order valence-electron chi connectivity index (χ4n) is 7.07. The molecule has 2 aliphatic heterocycles. The molecule has 0 bridgehead atoms. The normalized spacial score (nSPS) is 12.8. The molecule has 0 unspecified atom stereocenters. The smallest absolute Gasteiger partial charge is 0.227 e. The van der Waals surface area contributed by atoms with Crippen molar-refractivity contribution in [2.45, 2.75) is 0 Å². The number of rotatable bonds is 4. The lowest BCUT2D eigenvalue weighted by molar-refractivity contribution is 0.477. The Morgan fingerprint density at radius 2 is 0.904 bits per heavy atom. The van der Waals surface area contributed by atoms with E-state index in [1.165, 1.54) is 0 Å². The van der Waals surface area contributed by atoms with Crippen molar-refractivity contribution in [3.63, 3.8) is 0 Å². The Kier molecular flexibility index (Phi) is 6.28. The second-order valence-corrected chi connectivity index (χ2v) is 13.7. The monoisotopic (exact) mass is 690 g/mol. The molecule has 2 aromatic heterocycles. The number of hydrogen-bond acceptors (Lipinski definition) is 8. The second-order valence-electron chi connectivity index (χ2n) is 12.7. The lowest BCUT2D eigenvalue weighted by Gasteiger charge is -2.32. The maximum Gasteiger partial charge on any atom is 0.227 e. The van der Waals surface area contributed by atoms with Crippen molar-refractivity contribution in [1.29, 1.82) is 0 Å². The minimum Gasteiger partial charge on any atom is -0.453 e. The number of thiazole rings is 1. The highest BCUT2D eigenvalue weighted by molar-refractivity contribution is 7.21. The number of hydrogen-bond donors (Lipinski definition) is 0. The van der Waals surface area contributed by atoms with E-state index in [1.54, 1.807) is 11.3 Å². The van der Waals surface area contributed by atoms with Gasteiger partial charge in [-0.2, -0.15) is 0 Å². The fourth-order valence-corrected chi connectivity index (χ4v) is 8.05. The number of benzene rings is 7. The van der Waals surface area contributed by atoms with E-state index in [0.717, 1.165) is 89.0 Å². The van der Waals surface area contributed by atoms with Gasteiger partial charge in [0.1, 0.15) is 10.5 Å². The third kappa shape index (κ3) is 4.58. The van der Waals surface area contributed by atoms with Gasteiger partial charge in [0.25, 0.3) is 0 Å². The summed E-state index contributed by atoms with van der Waals surface area (Å²) in [5.41, 5.74) is 10.4. The van der Waals surface area contributed by atoms with Crippen molar-refractivity contribution >= 4 is 66.8 Å². The zero-order chi connectivity index (χ0) is 34.2. The van der Waals surface area contributed by atoms with Gasteiger partial charge in [-0.15, -0.1) is 11.3 Å². The summed E-state index contributed by atoms with van der Waals surface area (Å²) in [6.45, 7) is 0. The van der Waals surface area contributed by atoms with E-state index in [2.05, 4.69) is 88.7 Å². The van der Waals surface area contributed by atoms with Gasteiger partial charge in [-0.25, -0.2) is 9.97 Å². The zero-order valence-electron chi connectivity index (χ0n) is 27.4. The van der Waals surface area contributed by atoms with Crippen molar-refractivity contribution in [3.05, 3.63) is 158 Å². The minimum atomic E-state index is 0.573. The van der Waals surface area contributed by atoms with Crippen LogP contribution in [0.5, 0.6) is 23.0 Å². The highest BCUT2D eigenvalue weighted by atomic mass is 32.1. The van der Waals surface area contributed by atoms with E-state index in [9.17, 15) is 0 Å². The summed E-state index contributed by atoms with van der Waals surface area (Å²) in [6.07, 6.45) is 0. The Morgan fingerprint density at radius 3 is 1.40 bits per heavy atom. The lowest BCUT2D eigenvalue weighted by atomic mass is 10.1. The van der Waals surface area contributed by atoms with Gasteiger partial charge in [0.15, 0.2) is 28.6 Å². The molecule has 0 saturated carbocycles. The first kappa shape index (κ1) is 28.9. The van der Waals surface area contributed by atoms with Crippen LogP contribution in [-0.4, -0.2) is 9.97 Å². The standard InChI is InChI=1S/C44H26N4O3S/c1-5-13-37-33(9-1)47(34-10-2-6-14-38(34)49-37)29-21-17-27(18-22-29)43-45-31-26-42-32(25-41(31)51-43)46-44(52-42)28-19-23-30(24-20-28)48-35-11-3-7-15-39(35)50-40-16-8-4-12-36(40)48/h1-26H. The molecule has 0 spiro atoms. The van der Waals surface area contributed by atoms with Crippen LogP contribution in [0.3, 0.4) is 0 Å². The van der Waals surface area contributed by atoms with Crippen molar-refractivity contribution in [2.75, 3.05) is 9.80 Å². The number of ether oxygens (including phenoxy) is 2. The topological polar surface area (TPSA) is 63.9 Å². The quantitative estimate of drug-likeness (QED) is 0.182. The lowest BCUT2D eigenvalue weighted by Crippen LogP contribution is -2.15. The summed E-state index contributed by atoms with van der Waals surface area (Å²) >= 11 is 1.65. The first-order valence-electron chi connectivity index (χ1n) is 17.0. The van der Waals surface area contributed by atoms with E-state index in [-0.39, 0.29) is 0 Å². The van der Waals surface area contributed by atoms with Crippen LogP contribution in [0.2, 0.25) is 0 Å². The maximum atomic E-state index is 6.32. The van der Waals surface area contributed by atoms with E-state index in [0.29, 0.717) is 11.5 Å². The summed E-state index contributed by atoms with van der Waals surface area (Å²) in [5, 5.41) is 0.944. The van der Waals surface area contributed by atoms with E-state index in [1.807, 2.05) is 78.9 Å². The molecule has 8 heteroatoms. The van der Waals surface area contributed by atoms with Crippen LogP contribution >= 0.6 is 11.3 Å². The molecule has 9 aromatic rings. The molecule has 0 aliphatic carbocycles. The SMILES string of the molecule is c1ccc2c(c1)Oc1ccccc1N2c1ccc(-c2nc3cc4sc(-c5ccc(N6c7ccccc7Oc7ccccc76)cc5)nc4cc3o2)cc1. The highest BCUT2D eigenvalue weighted by Crippen LogP contribution is 2.51. The molecule has 2 aliphatic rings. The van der Waals surface area contributed by atoms with Crippen LogP contribution in [0.15, 0.2) is 162 Å². The van der Waals surface area contributed by atoms with Gasteiger partial charge < -0.3 is 23.7 Å². The molecular weight excluding hydrogens is 665 g/mol. The summed E-state index contributed by atoms with van der Waals surface area (Å²) in [6, 6.07) is 53.3. The number of anilines is 6. The Bertz CT molecular complexity index is 2490. The average Bonchev–Trinajstić information content (AvgIpc) is 3.82. The summed E-state index contributed by atoms with van der Waals surface area (Å²) in [5.74, 6) is 3.88. The second kappa shape index (κ2) is 11.3. The zero-order valence-corrected chi connectivity index (χ0v) is 28.2. The van der Waals surface area contributed by atoms with Gasteiger partial charge in [-0.3, -0.25) is 0 Å². The molecule has 246 valence electrons. The largest absolute Gasteiger partial charge is 0.453 e. The Balaban J connectivity index is 0.885. The molecular formula is C44H26N4O3S. The molecule has 0 fully saturated rings. The average molecular weight is 691 g/mol. The van der Waals surface area contributed by atoms with Gasteiger partial charge in [-0.1, -0.05) is 48.5 Å². The van der Waals surface area contributed by atoms with Crippen LogP contribution in [-0.2, 0) is 0 Å². The van der Waals surface area contributed by atoms with Crippen molar-refractivity contribution < 1.29 is 13.9 Å². The van der Waals surface area contributed by atoms with Gasteiger partial charge in [0.2, 0.25) is 5.89 Å². The van der Waals surface area contributed by atoms with E-state index >= 15 is 0 Å². The summed E-state index contributed by atoms with van der Waals surface area (Å²) in [7, 11) is 0. The number of nitrogens with zero attached hydrogens (tertiary/aromatic N) is 4. The van der Waals surface area contributed by atoms with Gasteiger partial charge in [0, 0.05) is 28.6 Å². The molecule has 0 atom stereocenters. The number of oxazole rings is 1. The van der Waals surface area contributed by atoms with Gasteiger partial charge in [0.05, 0.1) is 33.0 Å². The molecule has 0 amide bonds. The fraction of sp³-hybridized carbons (Fsp3) is 0. The van der Waals surface area contributed by atoms with Crippen molar-refractivity contribution in [1.82, 2.24) is 9.97 Å². The first-order chi connectivity index (χ1) is 25.7. The molecule has 0 radical (unpaired) electrons. The molecule has 0 saturated heterocycles. The Morgan fingerprint density at radius 1 is 0.442 bits per heavy atom. The minimum absolute atomic E-state index is 0.573. The number of aromatic nitrogens is 2. The number of fused-ring (bicyclic) bond motifs is 6. The van der Waals surface area contributed by atoms with E-state index in [4.69, 9.17) is 23.9 Å². The summed E-state index contributed by atoms with van der Waals surface area (Å²) < 4.78 is 19.8. The third-order valence-electron chi connectivity index (χ3n) is 9.51. The highest BCUT2D eigenvalue weighted by Gasteiger charge is 2.27. The van der Waals surface area contributed by atoms with Crippen molar-refractivity contribution in [2.24, 2.45) is 0 Å². The third-order valence-corrected chi connectivity index (χ3v) is 10.6. The van der Waals surface area contributed by atoms with Crippen LogP contribution in [0.25, 0.3) is 43.3 Å². The maximum absolute atomic E-state index is 6.32. The van der Waals surface area contributed by atoms with E-state index < -0.39 is 0 Å². The Labute approximate surface area is 302 Å².